The van der Waals surface area contributed by atoms with Crippen molar-refractivity contribution in [3.63, 3.8) is 0 Å². The lowest BCUT2D eigenvalue weighted by molar-refractivity contribution is -0.118. The van der Waals surface area contributed by atoms with Gasteiger partial charge in [0, 0.05) is 11.8 Å². The molecule has 4 nitrogen and oxygen atoms in total. The molecule has 1 heterocycles. The molecule has 0 unspecified atom stereocenters. The molecule has 1 aromatic rings. The van der Waals surface area contributed by atoms with Crippen LogP contribution in [0.1, 0.15) is 24.0 Å². The highest BCUT2D eigenvalue weighted by Gasteiger charge is 2.56. The zero-order valence-electron chi connectivity index (χ0n) is 9.19. The van der Waals surface area contributed by atoms with Gasteiger partial charge in [0.15, 0.2) is 0 Å². The molecule has 0 atom stereocenters. The Hall–Kier alpha value is -2.10. The van der Waals surface area contributed by atoms with E-state index in [0.29, 0.717) is 0 Å². The fourth-order valence-corrected chi connectivity index (χ4v) is 2.35. The van der Waals surface area contributed by atoms with Gasteiger partial charge in [0.2, 0.25) is 11.8 Å². The Bertz CT molecular complexity index is 557. The van der Waals surface area contributed by atoms with E-state index in [4.69, 9.17) is 5.73 Å². The minimum Gasteiger partial charge on any atom is -0.366 e. The maximum atomic E-state index is 11.8. The summed E-state index contributed by atoms with van der Waals surface area (Å²) >= 11 is 0. The first kappa shape index (κ1) is 10.1. The van der Waals surface area contributed by atoms with E-state index in [2.05, 4.69) is 5.32 Å². The number of anilines is 1. The molecule has 1 spiro atoms. The van der Waals surface area contributed by atoms with Crippen molar-refractivity contribution in [1.29, 1.82) is 0 Å². The molecule has 0 bridgehead atoms. The summed E-state index contributed by atoms with van der Waals surface area (Å²) < 4.78 is 0. The van der Waals surface area contributed by atoms with Crippen molar-refractivity contribution < 1.29 is 9.59 Å². The molecule has 1 fully saturated rings. The van der Waals surface area contributed by atoms with Crippen LogP contribution in [0, 0.1) is 0 Å². The predicted octanol–water partition coefficient (Wildman–Crippen LogP) is 1.17. The first-order chi connectivity index (χ1) is 8.12. The van der Waals surface area contributed by atoms with Crippen LogP contribution in [-0.2, 0) is 15.0 Å². The van der Waals surface area contributed by atoms with Crippen molar-refractivity contribution in [2.45, 2.75) is 18.3 Å². The number of carbonyl (C=O) groups is 2. The van der Waals surface area contributed by atoms with Crippen LogP contribution in [0.15, 0.2) is 24.3 Å². The molecule has 17 heavy (non-hydrogen) atoms. The average molecular weight is 228 g/mol. The second-order valence-corrected chi connectivity index (χ2v) is 4.58. The van der Waals surface area contributed by atoms with Gasteiger partial charge in [0.1, 0.15) is 0 Å². The van der Waals surface area contributed by atoms with E-state index in [9.17, 15) is 9.59 Å². The summed E-state index contributed by atoms with van der Waals surface area (Å²) in [5, 5.41) is 2.89. The summed E-state index contributed by atoms with van der Waals surface area (Å²) in [6.07, 6.45) is 4.82. The summed E-state index contributed by atoms with van der Waals surface area (Å²) in [5.41, 5.74) is 7.59. The molecule has 0 saturated heterocycles. The third-order valence-electron chi connectivity index (χ3n) is 3.43. The molecule has 3 rings (SSSR count). The third-order valence-corrected chi connectivity index (χ3v) is 3.43. The topological polar surface area (TPSA) is 72.2 Å². The highest BCUT2D eigenvalue weighted by molar-refractivity contribution is 6.08. The van der Waals surface area contributed by atoms with Gasteiger partial charge < -0.3 is 11.1 Å². The van der Waals surface area contributed by atoms with Crippen LogP contribution in [-0.4, -0.2) is 11.8 Å². The van der Waals surface area contributed by atoms with E-state index < -0.39 is 5.91 Å². The predicted molar refractivity (Wildman–Crippen MR) is 64.2 cm³/mol. The Morgan fingerprint density at radius 1 is 1.41 bits per heavy atom. The van der Waals surface area contributed by atoms with Gasteiger partial charge in [0.25, 0.3) is 0 Å². The van der Waals surface area contributed by atoms with Gasteiger partial charge in [-0.05, 0) is 36.1 Å². The minimum absolute atomic E-state index is 0.100. The molecule has 1 aliphatic carbocycles. The zero-order chi connectivity index (χ0) is 12.0. The molecule has 0 aromatic heterocycles. The number of fused-ring (bicyclic) bond motifs is 2. The van der Waals surface area contributed by atoms with Gasteiger partial charge in [0.05, 0.1) is 5.41 Å². The molecule has 2 aliphatic rings. The fraction of sp³-hybridized carbons (Fsp3) is 0.231. The van der Waals surface area contributed by atoms with E-state index >= 15 is 0 Å². The molecule has 1 saturated carbocycles. The van der Waals surface area contributed by atoms with Crippen LogP contribution in [0.4, 0.5) is 5.69 Å². The first-order valence-electron chi connectivity index (χ1n) is 5.55. The lowest BCUT2D eigenvalue weighted by atomic mass is 9.96. The molecular weight excluding hydrogens is 216 g/mol. The van der Waals surface area contributed by atoms with Crippen LogP contribution < -0.4 is 11.1 Å². The number of carbonyl (C=O) groups excluding carboxylic acids is 2. The highest BCUT2D eigenvalue weighted by Crippen LogP contribution is 2.55. The Labute approximate surface area is 98.5 Å². The summed E-state index contributed by atoms with van der Waals surface area (Å²) in [6.45, 7) is 0. The maximum absolute atomic E-state index is 11.8. The van der Waals surface area contributed by atoms with Gasteiger partial charge in [-0.25, -0.2) is 0 Å². The highest BCUT2D eigenvalue weighted by atomic mass is 16.2. The van der Waals surface area contributed by atoms with Crippen molar-refractivity contribution in [2.75, 3.05) is 5.32 Å². The van der Waals surface area contributed by atoms with E-state index in [1.54, 1.807) is 6.08 Å². The SMILES string of the molecule is NC(=O)C=Cc1ccc2c(c1)NC(=O)C21CC1. The summed E-state index contributed by atoms with van der Waals surface area (Å²) in [6, 6.07) is 5.74. The van der Waals surface area contributed by atoms with Crippen LogP contribution >= 0.6 is 0 Å². The monoisotopic (exact) mass is 228 g/mol. The Morgan fingerprint density at radius 2 is 2.18 bits per heavy atom. The van der Waals surface area contributed by atoms with Gasteiger partial charge in [-0.2, -0.15) is 0 Å². The quantitative estimate of drug-likeness (QED) is 0.746. The molecule has 2 amide bonds. The number of benzene rings is 1. The van der Waals surface area contributed by atoms with Crippen molar-refractivity contribution in [3.8, 4) is 0 Å². The average Bonchev–Trinajstić information content (AvgIpc) is 3.02. The number of rotatable bonds is 2. The van der Waals surface area contributed by atoms with E-state index in [0.717, 1.165) is 29.7 Å². The number of nitrogens with two attached hydrogens (primary N) is 1. The van der Waals surface area contributed by atoms with Gasteiger partial charge in [-0.1, -0.05) is 12.1 Å². The smallest absolute Gasteiger partial charge is 0.241 e. The van der Waals surface area contributed by atoms with Gasteiger partial charge >= 0.3 is 0 Å². The Kier molecular flexibility index (Phi) is 1.90. The second kappa shape index (κ2) is 3.20. The molecule has 0 radical (unpaired) electrons. The van der Waals surface area contributed by atoms with Crippen LogP contribution in [0.3, 0.4) is 0 Å². The van der Waals surface area contributed by atoms with Crippen LogP contribution in [0.2, 0.25) is 0 Å². The van der Waals surface area contributed by atoms with E-state index in [1.165, 1.54) is 6.08 Å². The minimum atomic E-state index is -0.479. The molecule has 4 heteroatoms. The molecule has 1 aliphatic heterocycles. The zero-order valence-corrected chi connectivity index (χ0v) is 9.19. The number of hydrogen-bond donors (Lipinski definition) is 2. The number of nitrogens with one attached hydrogen (secondary N) is 1. The van der Waals surface area contributed by atoms with Crippen LogP contribution in [0.25, 0.3) is 6.08 Å². The van der Waals surface area contributed by atoms with Crippen molar-refractivity contribution in [2.24, 2.45) is 5.73 Å². The van der Waals surface area contributed by atoms with Crippen molar-refractivity contribution in [3.05, 3.63) is 35.4 Å². The normalized spacial score (nSPS) is 19.4. The van der Waals surface area contributed by atoms with Crippen LogP contribution in [0.5, 0.6) is 0 Å². The molecular formula is C13H12N2O2. The van der Waals surface area contributed by atoms with Gasteiger partial charge in [-0.3, -0.25) is 9.59 Å². The maximum Gasteiger partial charge on any atom is 0.241 e. The number of amides is 2. The molecule has 3 N–H and O–H groups in total. The molecule has 1 aromatic carbocycles. The standard InChI is InChI=1S/C13H12N2O2/c14-11(16)4-2-8-1-3-9-10(7-8)15-12(17)13(9)5-6-13/h1-4,7H,5-6H2,(H2,14,16)(H,15,17). The fourth-order valence-electron chi connectivity index (χ4n) is 2.35. The summed E-state index contributed by atoms with van der Waals surface area (Å²) in [7, 11) is 0. The van der Waals surface area contributed by atoms with Crippen molar-refractivity contribution >= 4 is 23.6 Å². The third kappa shape index (κ3) is 1.45. The first-order valence-corrected chi connectivity index (χ1v) is 5.55. The lowest BCUT2D eigenvalue weighted by Gasteiger charge is -2.03. The number of hydrogen-bond acceptors (Lipinski definition) is 2. The molecule has 86 valence electrons. The Morgan fingerprint density at radius 3 is 2.82 bits per heavy atom. The van der Waals surface area contributed by atoms with E-state index in [-0.39, 0.29) is 11.3 Å². The number of primary amides is 1. The summed E-state index contributed by atoms with van der Waals surface area (Å²) in [5.74, 6) is -0.378. The van der Waals surface area contributed by atoms with Gasteiger partial charge in [-0.15, -0.1) is 0 Å². The largest absolute Gasteiger partial charge is 0.366 e. The van der Waals surface area contributed by atoms with Crippen molar-refractivity contribution in [1.82, 2.24) is 0 Å². The Balaban J connectivity index is 1.97. The summed E-state index contributed by atoms with van der Waals surface area (Å²) in [4.78, 5) is 22.4. The second-order valence-electron chi connectivity index (χ2n) is 4.58. The lowest BCUT2D eigenvalue weighted by Crippen LogP contribution is -2.18. The van der Waals surface area contributed by atoms with E-state index in [1.807, 2.05) is 18.2 Å².